The summed E-state index contributed by atoms with van der Waals surface area (Å²) in [7, 11) is 0. The molecule has 0 spiro atoms. The minimum absolute atomic E-state index is 0.0370. The fourth-order valence-corrected chi connectivity index (χ4v) is 2.32. The topological polar surface area (TPSA) is 99.0 Å². The fourth-order valence-electron chi connectivity index (χ4n) is 2.32. The largest absolute Gasteiger partial charge is 0.475 e. The van der Waals surface area contributed by atoms with E-state index in [1.807, 2.05) is 37.3 Å². The highest BCUT2D eigenvalue weighted by Crippen LogP contribution is 2.25. The highest BCUT2D eigenvalue weighted by molar-refractivity contribution is 5.81. The zero-order valence-corrected chi connectivity index (χ0v) is 14.9. The lowest BCUT2D eigenvalue weighted by Gasteiger charge is -2.20. The van der Waals surface area contributed by atoms with E-state index in [0.29, 0.717) is 13.1 Å². The van der Waals surface area contributed by atoms with Crippen molar-refractivity contribution in [1.29, 1.82) is 0 Å². The molecule has 2 aromatic rings. The van der Waals surface area contributed by atoms with Crippen LogP contribution in [0.3, 0.4) is 0 Å². The summed E-state index contributed by atoms with van der Waals surface area (Å²) in [5.74, 6) is -1.15. The third-order valence-corrected chi connectivity index (χ3v) is 3.71. The fraction of sp³-hybridized carbons (Fsp3) is 0.263. The smallest absolute Gasteiger partial charge is 0.344 e. The standard InChI is InChI=1S/C19H20N2O6/c1-2-20(12-15-8-4-3-5-9-15)18(22)13-27-19(23)14-26-17-11-7-6-10-16(17)21(24)25/h3-11H,2,12-14H2,1H3. The zero-order chi connectivity index (χ0) is 19.6. The highest BCUT2D eigenvalue weighted by atomic mass is 16.6. The highest BCUT2D eigenvalue weighted by Gasteiger charge is 2.17. The number of nitrogens with zero attached hydrogens (tertiary/aromatic N) is 2. The molecule has 0 saturated heterocycles. The van der Waals surface area contributed by atoms with Crippen LogP contribution in [0, 0.1) is 10.1 Å². The van der Waals surface area contributed by atoms with E-state index in [9.17, 15) is 19.7 Å². The molecule has 0 saturated carbocycles. The third kappa shape index (κ3) is 6.10. The van der Waals surface area contributed by atoms with Gasteiger partial charge in [-0.3, -0.25) is 14.9 Å². The van der Waals surface area contributed by atoms with Gasteiger partial charge in [-0.25, -0.2) is 4.79 Å². The Labute approximate surface area is 156 Å². The van der Waals surface area contributed by atoms with Crippen LogP contribution >= 0.6 is 0 Å². The molecule has 0 heterocycles. The van der Waals surface area contributed by atoms with Crippen molar-refractivity contribution in [3.05, 3.63) is 70.3 Å². The number of rotatable bonds is 9. The van der Waals surface area contributed by atoms with Crippen LogP contribution in [0.15, 0.2) is 54.6 Å². The summed E-state index contributed by atoms with van der Waals surface area (Å²) in [5, 5.41) is 10.9. The van der Waals surface area contributed by atoms with E-state index >= 15 is 0 Å². The number of nitro groups is 1. The number of para-hydroxylation sites is 2. The van der Waals surface area contributed by atoms with Crippen molar-refractivity contribution in [3.63, 3.8) is 0 Å². The van der Waals surface area contributed by atoms with Gasteiger partial charge in [-0.15, -0.1) is 0 Å². The van der Waals surface area contributed by atoms with E-state index in [0.717, 1.165) is 5.56 Å². The van der Waals surface area contributed by atoms with Crippen LogP contribution in [0.2, 0.25) is 0 Å². The van der Waals surface area contributed by atoms with Gasteiger partial charge in [-0.2, -0.15) is 0 Å². The van der Waals surface area contributed by atoms with Gasteiger partial charge in [-0.1, -0.05) is 42.5 Å². The summed E-state index contributed by atoms with van der Waals surface area (Å²) < 4.78 is 10.1. The number of carbonyl (C=O) groups excluding carboxylic acids is 2. The maximum absolute atomic E-state index is 12.2. The molecule has 0 aliphatic carbocycles. The van der Waals surface area contributed by atoms with Crippen molar-refractivity contribution < 1.29 is 24.0 Å². The summed E-state index contributed by atoms with van der Waals surface area (Å²) in [5.41, 5.74) is 0.722. The second-order valence-electron chi connectivity index (χ2n) is 5.57. The SMILES string of the molecule is CCN(Cc1ccccc1)C(=O)COC(=O)COc1ccccc1[N+](=O)[O-]. The van der Waals surface area contributed by atoms with Crippen LogP contribution in [0.25, 0.3) is 0 Å². The van der Waals surface area contributed by atoms with Gasteiger partial charge in [0.1, 0.15) is 0 Å². The molecule has 0 radical (unpaired) electrons. The van der Waals surface area contributed by atoms with Gasteiger partial charge < -0.3 is 14.4 Å². The summed E-state index contributed by atoms with van der Waals surface area (Å²) in [6, 6.07) is 15.2. The molecule has 142 valence electrons. The molecule has 0 N–H and O–H groups in total. The first-order chi connectivity index (χ1) is 13.0. The lowest BCUT2D eigenvalue weighted by Crippen LogP contribution is -2.34. The first-order valence-electron chi connectivity index (χ1n) is 8.34. The Morgan fingerprint density at radius 2 is 1.70 bits per heavy atom. The van der Waals surface area contributed by atoms with Crippen molar-refractivity contribution in [1.82, 2.24) is 4.90 Å². The molecule has 0 unspecified atom stereocenters. The molecule has 8 nitrogen and oxygen atoms in total. The lowest BCUT2D eigenvalue weighted by molar-refractivity contribution is -0.385. The molecule has 2 rings (SSSR count). The molecule has 8 heteroatoms. The Bertz CT molecular complexity index is 794. The van der Waals surface area contributed by atoms with Crippen LogP contribution in [-0.4, -0.2) is 41.5 Å². The molecule has 0 atom stereocenters. The maximum atomic E-state index is 12.2. The number of hydrogen-bond donors (Lipinski definition) is 0. The van der Waals surface area contributed by atoms with E-state index in [4.69, 9.17) is 9.47 Å². The molecule has 27 heavy (non-hydrogen) atoms. The summed E-state index contributed by atoms with van der Waals surface area (Å²) in [6.45, 7) is 1.78. The van der Waals surface area contributed by atoms with Gasteiger partial charge in [0.25, 0.3) is 5.91 Å². The van der Waals surface area contributed by atoms with E-state index in [-0.39, 0.29) is 17.3 Å². The summed E-state index contributed by atoms with van der Waals surface area (Å²) in [4.78, 5) is 35.9. The van der Waals surface area contributed by atoms with Gasteiger partial charge in [0.15, 0.2) is 19.0 Å². The second kappa shape index (κ2) is 9.91. The number of esters is 1. The first-order valence-corrected chi connectivity index (χ1v) is 8.34. The van der Waals surface area contributed by atoms with Crippen LogP contribution in [0.1, 0.15) is 12.5 Å². The Morgan fingerprint density at radius 3 is 2.37 bits per heavy atom. The lowest BCUT2D eigenvalue weighted by atomic mass is 10.2. The van der Waals surface area contributed by atoms with Crippen molar-refractivity contribution in [3.8, 4) is 5.75 Å². The van der Waals surface area contributed by atoms with E-state index in [2.05, 4.69) is 0 Å². The molecule has 0 fully saturated rings. The second-order valence-corrected chi connectivity index (χ2v) is 5.57. The Balaban J connectivity index is 1.82. The molecule has 0 aliphatic heterocycles. The van der Waals surface area contributed by atoms with E-state index < -0.39 is 24.1 Å². The minimum Gasteiger partial charge on any atom is -0.475 e. The Hall–Kier alpha value is -3.42. The zero-order valence-electron chi connectivity index (χ0n) is 14.9. The van der Waals surface area contributed by atoms with Crippen molar-refractivity contribution >= 4 is 17.6 Å². The van der Waals surface area contributed by atoms with Crippen LogP contribution < -0.4 is 4.74 Å². The number of amides is 1. The van der Waals surface area contributed by atoms with Crippen LogP contribution in [0.5, 0.6) is 5.75 Å². The van der Waals surface area contributed by atoms with E-state index in [1.54, 1.807) is 11.0 Å². The van der Waals surface area contributed by atoms with E-state index in [1.165, 1.54) is 18.2 Å². The van der Waals surface area contributed by atoms with Crippen molar-refractivity contribution in [2.24, 2.45) is 0 Å². The number of nitro benzene ring substituents is 1. The molecule has 0 aromatic heterocycles. The average Bonchev–Trinajstić information content (AvgIpc) is 2.69. The van der Waals surface area contributed by atoms with Gasteiger partial charge in [0, 0.05) is 19.2 Å². The normalized spacial score (nSPS) is 10.1. The Morgan fingerprint density at radius 1 is 1.04 bits per heavy atom. The van der Waals surface area contributed by atoms with Crippen molar-refractivity contribution in [2.75, 3.05) is 19.8 Å². The number of hydrogen-bond acceptors (Lipinski definition) is 6. The van der Waals surface area contributed by atoms with Gasteiger partial charge >= 0.3 is 11.7 Å². The van der Waals surface area contributed by atoms with Gasteiger partial charge in [-0.05, 0) is 18.6 Å². The Kier molecular flexibility index (Phi) is 7.30. The molecule has 2 aromatic carbocycles. The molecule has 0 bridgehead atoms. The number of carbonyl (C=O) groups is 2. The van der Waals surface area contributed by atoms with Crippen LogP contribution in [0.4, 0.5) is 5.69 Å². The van der Waals surface area contributed by atoms with Gasteiger partial charge in [0.05, 0.1) is 4.92 Å². The first kappa shape index (κ1) is 19.9. The maximum Gasteiger partial charge on any atom is 0.344 e. The quantitative estimate of drug-likeness (QED) is 0.381. The molecule has 1 amide bonds. The monoisotopic (exact) mass is 372 g/mol. The van der Waals surface area contributed by atoms with Crippen LogP contribution in [-0.2, 0) is 20.9 Å². The third-order valence-electron chi connectivity index (χ3n) is 3.71. The summed E-state index contributed by atoms with van der Waals surface area (Å²) in [6.07, 6.45) is 0. The number of benzene rings is 2. The number of ether oxygens (including phenoxy) is 2. The predicted molar refractivity (Wildman–Crippen MR) is 97.1 cm³/mol. The number of likely N-dealkylation sites (N-methyl/N-ethyl adjacent to an activating group) is 1. The minimum atomic E-state index is -0.780. The van der Waals surface area contributed by atoms with Crippen molar-refractivity contribution in [2.45, 2.75) is 13.5 Å². The molecule has 0 aliphatic rings. The average molecular weight is 372 g/mol. The predicted octanol–water partition coefficient (Wildman–Crippen LogP) is 2.57. The molecular formula is C19H20N2O6. The molecular weight excluding hydrogens is 352 g/mol. The van der Waals surface area contributed by atoms with Gasteiger partial charge in [0.2, 0.25) is 0 Å². The summed E-state index contributed by atoms with van der Waals surface area (Å²) >= 11 is 0.